The maximum Gasteiger partial charge on any atom is 0.451 e. The predicted molar refractivity (Wildman–Crippen MR) is 45.5 cm³/mol. The van der Waals surface area contributed by atoms with Crippen molar-refractivity contribution < 1.29 is 18.0 Å². The second-order valence-electron chi connectivity index (χ2n) is 2.95. The Morgan fingerprint density at radius 3 is 2.80 bits per heavy atom. The summed E-state index contributed by atoms with van der Waals surface area (Å²) in [5.74, 6) is -1.81. The maximum absolute atomic E-state index is 11.9. The highest BCUT2D eigenvalue weighted by atomic mass is 19.4. The van der Waals surface area contributed by atoms with Crippen LogP contribution in [-0.4, -0.2) is 29.9 Å². The molecule has 0 aliphatic carbocycles. The summed E-state index contributed by atoms with van der Waals surface area (Å²) in [4.78, 5) is 11.8. The van der Waals surface area contributed by atoms with Gasteiger partial charge in [-0.15, -0.1) is 0 Å². The minimum atomic E-state index is -4.82. The second-order valence-corrected chi connectivity index (χ2v) is 2.95. The van der Waals surface area contributed by atoms with Crippen molar-refractivity contribution in [2.45, 2.75) is 6.18 Å². The molecule has 0 fully saturated rings. The van der Waals surface area contributed by atoms with Gasteiger partial charge in [0.05, 0.1) is 12.1 Å². The lowest BCUT2D eigenvalue weighted by Gasteiger charge is -2.20. The first-order chi connectivity index (χ1) is 6.93. The monoisotopic (exact) mass is 216 g/mol. The number of ketones is 1. The fourth-order valence-electron chi connectivity index (χ4n) is 1.06. The van der Waals surface area contributed by atoms with Gasteiger partial charge in [-0.05, 0) is 6.08 Å². The van der Waals surface area contributed by atoms with Gasteiger partial charge in [0, 0.05) is 12.7 Å². The summed E-state index contributed by atoms with van der Waals surface area (Å²) in [7, 11) is 0. The summed E-state index contributed by atoms with van der Waals surface area (Å²) in [6.07, 6.45) is -0.553. The van der Waals surface area contributed by atoms with Crippen LogP contribution >= 0.6 is 0 Å². The van der Waals surface area contributed by atoms with Crippen LogP contribution in [0, 0.1) is 11.3 Å². The number of Topliss-reactive ketones (excluding diaryl/α,β-unsaturated/α-hetero) is 1. The molecule has 0 aromatic heterocycles. The van der Waals surface area contributed by atoms with Gasteiger partial charge in [-0.25, -0.2) is 0 Å². The summed E-state index contributed by atoms with van der Waals surface area (Å²) in [6, 6.07) is 1.79. The van der Waals surface area contributed by atoms with Crippen LogP contribution in [0.25, 0.3) is 0 Å². The van der Waals surface area contributed by atoms with Crippen molar-refractivity contribution in [2.24, 2.45) is 0 Å². The van der Waals surface area contributed by atoms with Crippen LogP contribution < -0.4 is 0 Å². The Morgan fingerprint density at radius 1 is 1.60 bits per heavy atom. The highest BCUT2D eigenvalue weighted by Gasteiger charge is 2.38. The van der Waals surface area contributed by atoms with Crippen molar-refractivity contribution in [1.29, 1.82) is 5.26 Å². The smallest absolute Gasteiger partial charge is 0.365 e. The Hall–Kier alpha value is -1.77. The molecule has 1 heterocycles. The molecule has 0 aromatic rings. The predicted octanol–water partition coefficient (Wildman–Crippen LogP) is 1.40. The zero-order valence-corrected chi connectivity index (χ0v) is 7.58. The first kappa shape index (κ1) is 11.3. The molecule has 6 heteroatoms. The molecule has 3 nitrogen and oxygen atoms in total. The van der Waals surface area contributed by atoms with Crippen molar-refractivity contribution in [2.75, 3.05) is 13.1 Å². The van der Waals surface area contributed by atoms with Gasteiger partial charge in [-0.3, -0.25) is 4.79 Å². The topological polar surface area (TPSA) is 44.1 Å². The molecule has 0 N–H and O–H groups in total. The minimum absolute atomic E-state index is 0.201. The van der Waals surface area contributed by atoms with E-state index in [4.69, 9.17) is 5.26 Å². The Balaban J connectivity index is 2.63. The lowest BCUT2D eigenvalue weighted by molar-refractivity contribution is -0.171. The SMILES string of the molecule is N#CC1=CN(CC(=O)C(F)(F)F)CC=C1. The lowest BCUT2D eigenvalue weighted by Crippen LogP contribution is -2.35. The van der Waals surface area contributed by atoms with Crippen LogP contribution in [0.15, 0.2) is 23.9 Å². The number of halogens is 3. The van der Waals surface area contributed by atoms with E-state index >= 15 is 0 Å². The number of carbonyl (C=O) groups excluding carboxylic acids is 1. The molecule has 0 saturated carbocycles. The molecule has 0 atom stereocenters. The standard InChI is InChI=1S/C9H7F3N2O/c10-9(11,12)8(15)6-14-3-1-2-7(4-13)5-14/h1-2,5H,3,6H2. The number of hydrogen-bond acceptors (Lipinski definition) is 3. The van der Waals surface area contributed by atoms with E-state index in [-0.39, 0.29) is 12.1 Å². The normalized spacial score (nSPS) is 15.9. The Kier molecular flexibility index (Phi) is 3.14. The van der Waals surface area contributed by atoms with E-state index in [1.807, 2.05) is 0 Å². The third kappa shape index (κ3) is 3.13. The van der Waals surface area contributed by atoms with E-state index in [0.717, 1.165) is 4.90 Å². The first-order valence-electron chi connectivity index (χ1n) is 4.06. The molecule has 1 aliphatic heterocycles. The van der Waals surface area contributed by atoms with E-state index in [9.17, 15) is 18.0 Å². The summed E-state index contributed by atoms with van der Waals surface area (Å²) in [5, 5.41) is 8.50. The molecule has 0 spiro atoms. The van der Waals surface area contributed by atoms with Crippen LogP contribution in [-0.2, 0) is 4.79 Å². The van der Waals surface area contributed by atoms with Gasteiger partial charge in [-0.2, -0.15) is 18.4 Å². The van der Waals surface area contributed by atoms with Crippen LogP contribution in [0.2, 0.25) is 0 Å². The summed E-state index contributed by atoms with van der Waals surface area (Å²) < 4.78 is 35.7. The number of alkyl halides is 3. The molecule has 80 valence electrons. The first-order valence-corrected chi connectivity index (χ1v) is 4.06. The number of rotatable bonds is 2. The molecule has 15 heavy (non-hydrogen) atoms. The van der Waals surface area contributed by atoms with E-state index in [1.54, 1.807) is 6.07 Å². The minimum Gasteiger partial charge on any atom is -0.365 e. The maximum atomic E-state index is 11.9. The quantitative estimate of drug-likeness (QED) is 0.700. The van der Waals surface area contributed by atoms with Crippen LogP contribution in [0.4, 0.5) is 13.2 Å². The van der Waals surface area contributed by atoms with Gasteiger partial charge >= 0.3 is 6.18 Å². The Labute approximate surface area is 84.1 Å². The highest BCUT2D eigenvalue weighted by Crippen LogP contribution is 2.17. The largest absolute Gasteiger partial charge is 0.451 e. The fourth-order valence-corrected chi connectivity index (χ4v) is 1.06. The Morgan fingerprint density at radius 2 is 2.27 bits per heavy atom. The third-order valence-electron chi connectivity index (χ3n) is 1.75. The molecule has 0 amide bonds. The molecule has 1 aliphatic rings. The molecule has 0 aromatic carbocycles. The summed E-state index contributed by atoms with van der Waals surface area (Å²) >= 11 is 0. The fraction of sp³-hybridized carbons (Fsp3) is 0.333. The van der Waals surface area contributed by atoms with Crippen molar-refractivity contribution >= 4 is 5.78 Å². The average Bonchev–Trinajstić information content (AvgIpc) is 2.16. The number of carbonyl (C=O) groups is 1. The zero-order valence-electron chi connectivity index (χ0n) is 7.58. The number of hydrogen-bond donors (Lipinski definition) is 0. The van der Waals surface area contributed by atoms with Crippen molar-refractivity contribution in [3.63, 3.8) is 0 Å². The van der Waals surface area contributed by atoms with Gasteiger partial charge in [0.1, 0.15) is 6.07 Å². The zero-order chi connectivity index (χ0) is 11.5. The number of nitrogens with zero attached hydrogens (tertiary/aromatic N) is 2. The molecule has 1 rings (SSSR count). The molecule has 0 radical (unpaired) electrons. The number of allylic oxidation sites excluding steroid dienone is 2. The van der Waals surface area contributed by atoms with Crippen molar-refractivity contribution in [3.05, 3.63) is 23.9 Å². The number of nitriles is 1. The van der Waals surface area contributed by atoms with Crippen molar-refractivity contribution in [3.8, 4) is 6.07 Å². The molecular formula is C9H7F3N2O. The van der Waals surface area contributed by atoms with E-state index in [1.165, 1.54) is 18.4 Å². The summed E-state index contributed by atoms with van der Waals surface area (Å²) in [5.41, 5.74) is 0.233. The molecule has 0 bridgehead atoms. The Bertz CT molecular complexity index is 363. The molecular weight excluding hydrogens is 209 g/mol. The van der Waals surface area contributed by atoms with E-state index in [0.29, 0.717) is 0 Å². The third-order valence-corrected chi connectivity index (χ3v) is 1.75. The van der Waals surface area contributed by atoms with Gasteiger partial charge in [0.15, 0.2) is 0 Å². The molecule has 0 unspecified atom stereocenters. The average molecular weight is 216 g/mol. The van der Waals surface area contributed by atoms with Gasteiger partial charge in [-0.1, -0.05) is 6.08 Å². The second kappa shape index (κ2) is 4.17. The van der Waals surface area contributed by atoms with E-state index in [2.05, 4.69) is 0 Å². The van der Waals surface area contributed by atoms with Gasteiger partial charge in [0.25, 0.3) is 5.78 Å². The highest BCUT2D eigenvalue weighted by molar-refractivity contribution is 5.86. The van der Waals surface area contributed by atoms with Crippen molar-refractivity contribution in [1.82, 2.24) is 4.90 Å². The van der Waals surface area contributed by atoms with Gasteiger partial charge in [0.2, 0.25) is 0 Å². The van der Waals surface area contributed by atoms with E-state index < -0.39 is 18.5 Å². The summed E-state index contributed by atoms with van der Waals surface area (Å²) in [6.45, 7) is -0.550. The molecule has 0 saturated heterocycles. The van der Waals surface area contributed by atoms with Crippen LogP contribution in [0.3, 0.4) is 0 Å². The van der Waals surface area contributed by atoms with Crippen LogP contribution in [0.1, 0.15) is 0 Å². The van der Waals surface area contributed by atoms with Crippen LogP contribution in [0.5, 0.6) is 0 Å². The van der Waals surface area contributed by atoms with Gasteiger partial charge < -0.3 is 4.90 Å². The lowest BCUT2D eigenvalue weighted by atomic mass is 10.2.